The molecule has 274 valence electrons. The maximum absolute atomic E-state index is 5.79. The van der Waals surface area contributed by atoms with Crippen molar-refractivity contribution in [1.29, 1.82) is 0 Å². The fraction of sp³-hybridized carbons (Fsp3) is 0.161. The van der Waals surface area contributed by atoms with Crippen LogP contribution in [-0.4, -0.2) is 5.71 Å². The van der Waals surface area contributed by atoms with Crippen molar-refractivity contribution in [1.82, 2.24) is 0 Å². The number of hydrogen-bond donors (Lipinski definition) is 0. The third-order valence-corrected chi connectivity index (χ3v) is 13.3. The topological polar surface area (TPSA) is 12.4 Å². The Bertz CT molecular complexity index is 2820. The van der Waals surface area contributed by atoms with Crippen LogP contribution in [0, 0.1) is 5.92 Å². The summed E-state index contributed by atoms with van der Waals surface area (Å²) in [7, 11) is 0. The van der Waals surface area contributed by atoms with Crippen LogP contribution in [-0.2, 0) is 18.3 Å². The molecule has 5 aliphatic rings. The van der Waals surface area contributed by atoms with Crippen LogP contribution in [0.25, 0.3) is 33.5 Å². The summed E-state index contributed by atoms with van der Waals surface area (Å²) in [5.41, 5.74) is 25.5. The second-order valence-corrected chi connectivity index (χ2v) is 16.3. The van der Waals surface area contributed by atoms with E-state index >= 15 is 0 Å². The van der Waals surface area contributed by atoms with Crippen molar-refractivity contribution >= 4 is 28.1 Å². The van der Waals surface area contributed by atoms with Crippen LogP contribution in [0.2, 0.25) is 0 Å². The van der Waals surface area contributed by atoms with Gasteiger partial charge in [-0.15, -0.1) is 0 Å². The van der Waals surface area contributed by atoms with Gasteiger partial charge in [-0.2, -0.15) is 0 Å². The monoisotopic (exact) mass is 731 g/mol. The number of aliphatic imine (C=N–C) groups is 1. The highest BCUT2D eigenvalue weighted by Gasteiger charge is 2.64. The Balaban J connectivity index is 1.17. The van der Waals surface area contributed by atoms with Gasteiger partial charge in [-0.25, -0.2) is 0 Å². The average molecular weight is 732 g/mol. The van der Waals surface area contributed by atoms with E-state index in [1.54, 1.807) is 0 Å². The first-order chi connectivity index (χ1) is 28.2. The largest absolute Gasteiger partial charge is 0.252 e. The molecule has 5 aliphatic carbocycles. The van der Waals surface area contributed by atoms with E-state index in [1.807, 2.05) is 0 Å². The van der Waals surface area contributed by atoms with Crippen molar-refractivity contribution in [2.75, 3.05) is 0 Å². The first-order valence-corrected chi connectivity index (χ1v) is 20.9. The highest BCUT2D eigenvalue weighted by Crippen LogP contribution is 2.74. The number of fused-ring (bicyclic) bond motifs is 7. The van der Waals surface area contributed by atoms with Crippen molar-refractivity contribution in [3.63, 3.8) is 0 Å². The minimum atomic E-state index is -0.326. The molecule has 57 heavy (non-hydrogen) atoms. The molecule has 0 radical (unpaired) electrons. The van der Waals surface area contributed by atoms with E-state index in [2.05, 4.69) is 184 Å². The molecule has 0 bridgehead atoms. The lowest BCUT2D eigenvalue weighted by Crippen LogP contribution is -2.41. The second-order valence-electron chi connectivity index (χ2n) is 16.3. The molecule has 0 N–H and O–H groups in total. The van der Waals surface area contributed by atoms with E-state index in [-0.39, 0.29) is 5.41 Å². The molecule has 0 aliphatic heterocycles. The van der Waals surface area contributed by atoms with Crippen LogP contribution >= 0.6 is 0 Å². The SMILES string of the molecule is CCC(C)C(=N/C(=C\Cc1ccccc1)c1cccc2c1C13C(=C(/C=C4\Cc5ccccc5-c5ccccc54)c4ccccc41)C1=CCCC2=C13)c1ccccc1. The quantitative estimate of drug-likeness (QED) is 0.138. The first kappa shape index (κ1) is 34.0. The summed E-state index contributed by atoms with van der Waals surface area (Å²) in [6.45, 7) is 4.61. The summed E-state index contributed by atoms with van der Waals surface area (Å²) in [6.07, 6.45) is 12.4. The fourth-order valence-corrected chi connectivity index (χ4v) is 10.7. The number of allylic oxidation sites excluding steroid dienone is 9. The Hall–Kier alpha value is -6.31. The molecule has 6 aromatic rings. The molecule has 1 nitrogen and oxygen atoms in total. The van der Waals surface area contributed by atoms with E-state index in [4.69, 9.17) is 4.99 Å². The maximum Gasteiger partial charge on any atom is 0.0740 e. The molecule has 1 spiro atoms. The number of hydrogen-bond acceptors (Lipinski definition) is 1. The molecule has 11 rings (SSSR count). The van der Waals surface area contributed by atoms with Crippen molar-refractivity contribution in [2.45, 2.75) is 51.4 Å². The smallest absolute Gasteiger partial charge is 0.0740 e. The van der Waals surface area contributed by atoms with Crippen molar-refractivity contribution in [3.05, 3.63) is 237 Å². The van der Waals surface area contributed by atoms with Gasteiger partial charge in [0.15, 0.2) is 0 Å². The number of nitrogens with zero attached hydrogens (tertiary/aromatic N) is 1. The summed E-state index contributed by atoms with van der Waals surface area (Å²) in [6, 6.07) is 56.1. The molecule has 0 aromatic heterocycles. The van der Waals surface area contributed by atoms with Crippen LogP contribution in [0.5, 0.6) is 0 Å². The third kappa shape index (κ3) is 5.04. The van der Waals surface area contributed by atoms with Crippen molar-refractivity contribution < 1.29 is 0 Å². The standard InChI is InChI=1S/C56H45N/c1-3-36(2)55(38-20-8-5-9-21-38)57-51(33-32-37-18-6-4-7-19-37)47-29-16-27-45-46-28-17-30-48-53(46)56(52(45)47)50-31-15-14-26-44(50)49(54(48)56)35-40-34-39-22-10-11-23-41(39)43-25-13-12-24-42(40)43/h4-16,18-27,29-31,33,35-36H,3,17,28,32,34H2,1-2H3/b40-35+,51-33-,57-55?. The molecule has 1 heteroatoms. The highest BCUT2D eigenvalue weighted by atomic mass is 14.8. The van der Waals surface area contributed by atoms with Crippen LogP contribution in [0.1, 0.15) is 83.2 Å². The zero-order valence-corrected chi connectivity index (χ0v) is 32.7. The summed E-state index contributed by atoms with van der Waals surface area (Å²) < 4.78 is 0. The zero-order valence-electron chi connectivity index (χ0n) is 32.7. The van der Waals surface area contributed by atoms with Gasteiger partial charge in [-0.1, -0.05) is 178 Å². The molecule has 2 atom stereocenters. The van der Waals surface area contributed by atoms with Crippen LogP contribution < -0.4 is 0 Å². The highest BCUT2D eigenvalue weighted by molar-refractivity contribution is 6.11. The van der Waals surface area contributed by atoms with Crippen LogP contribution in [0.3, 0.4) is 0 Å². The second kappa shape index (κ2) is 13.4. The summed E-state index contributed by atoms with van der Waals surface area (Å²) in [4.78, 5) is 5.79. The third-order valence-electron chi connectivity index (χ3n) is 13.3. The molecular weight excluding hydrogens is 687 g/mol. The normalized spacial score (nSPS) is 19.9. The van der Waals surface area contributed by atoms with Gasteiger partial charge >= 0.3 is 0 Å². The maximum atomic E-state index is 5.79. The van der Waals surface area contributed by atoms with Crippen LogP contribution in [0.4, 0.5) is 0 Å². The summed E-state index contributed by atoms with van der Waals surface area (Å²) in [5.74, 6) is 0.302. The first-order valence-electron chi connectivity index (χ1n) is 20.9. The van der Waals surface area contributed by atoms with Crippen molar-refractivity contribution in [2.24, 2.45) is 10.9 Å². The van der Waals surface area contributed by atoms with Gasteiger partial charge in [0.25, 0.3) is 0 Å². The van der Waals surface area contributed by atoms with E-state index < -0.39 is 0 Å². The van der Waals surface area contributed by atoms with Gasteiger partial charge in [0.1, 0.15) is 0 Å². The molecule has 1 saturated carbocycles. The van der Waals surface area contributed by atoms with Gasteiger partial charge in [0.05, 0.1) is 16.8 Å². The molecule has 0 heterocycles. The molecule has 2 unspecified atom stereocenters. The fourth-order valence-electron chi connectivity index (χ4n) is 10.7. The minimum Gasteiger partial charge on any atom is -0.252 e. The Morgan fingerprint density at radius 1 is 0.684 bits per heavy atom. The van der Waals surface area contributed by atoms with Crippen LogP contribution in [0.15, 0.2) is 192 Å². The number of rotatable bonds is 8. The summed E-state index contributed by atoms with van der Waals surface area (Å²) >= 11 is 0. The van der Waals surface area contributed by atoms with Gasteiger partial charge < -0.3 is 0 Å². The lowest BCUT2D eigenvalue weighted by Gasteiger charge is -2.47. The summed E-state index contributed by atoms with van der Waals surface area (Å²) in [5, 5.41) is 0. The Kier molecular flexibility index (Phi) is 8.00. The molecule has 0 saturated heterocycles. The van der Waals surface area contributed by atoms with E-state index in [9.17, 15) is 0 Å². The van der Waals surface area contributed by atoms with E-state index in [0.717, 1.165) is 43.5 Å². The lowest BCUT2D eigenvalue weighted by atomic mass is 9.53. The van der Waals surface area contributed by atoms with E-state index in [0.29, 0.717) is 5.92 Å². The Labute approximate surface area is 336 Å². The minimum absolute atomic E-state index is 0.302. The van der Waals surface area contributed by atoms with Gasteiger partial charge in [0.2, 0.25) is 0 Å². The number of benzene rings is 6. The predicted octanol–water partition coefficient (Wildman–Crippen LogP) is 13.7. The predicted molar refractivity (Wildman–Crippen MR) is 239 cm³/mol. The van der Waals surface area contributed by atoms with Gasteiger partial charge in [-0.3, -0.25) is 4.99 Å². The zero-order chi connectivity index (χ0) is 38.1. The molecular formula is C56H45N. The van der Waals surface area contributed by atoms with Gasteiger partial charge in [-0.05, 0) is 133 Å². The van der Waals surface area contributed by atoms with E-state index in [1.165, 1.54) is 94.6 Å². The van der Waals surface area contributed by atoms with Gasteiger partial charge in [0, 0.05) is 5.56 Å². The van der Waals surface area contributed by atoms with Crippen molar-refractivity contribution in [3.8, 4) is 11.1 Å². The Morgan fingerprint density at radius 3 is 2.18 bits per heavy atom. The Morgan fingerprint density at radius 2 is 1.37 bits per heavy atom. The lowest BCUT2D eigenvalue weighted by molar-refractivity contribution is 0.679. The molecule has 0 amide bonds. The molecule has 6 aromatic carbocycles. The average Bonchev–Trinajstić information content (AvgIpc) is 3.69. The molecule has 1 fully saturated rings.